The maximum atomic E-state index is 11.1. The Morgan fingerprint density at radius 3 is 1.20 bits per heavy atom. The fraction of sp³-hybridized carbons (Fsp3) is 0.250. The molecule has 2 unspecified atom stereocenters. The molecule has 1 aromatic rings. The van der Waals surface area contributed by atoms with Crippen molar-refractivity contribution in [2.24, 2.45) is 0 Å². The van der Waals surface area contributed by atoms with Crippen molar-refractivity contribution in [3.63, 3.8) is 0 Å². The van der Waals surface area contributed by atoms with Gasteiger partial charge in [0.25, 0.3) is 0 Å². The van der Waals surface area contributed by atoms with E-state index in [1.165, 1.54) is 24.3 Å². The molecule has 2 atom stereocenters. The van der Waals surface area contributed by atoms with E-state index in [2.05, 4.69) is 0 Å². The van der Waals surface area contributed by atoms with Crippen LogP contribution in [-0.2, 0) is 9.13 Å². The first-order valence-electron chi connectivity index (χ1n) is 3.89. The fourth-order valence-electron chi connectivity index (χ4n) is 0.994. The smallest absolute Gasteiger partial charge is 0.796 e. The number of benzene rings is 1. The summed E-state index contributed by atoms with van der Waals surface area (Å²) in [5, 5.41) is 0.296. The van der Waals surface area contributed by atoms with Gasteiger partial charge in [-0.05, 0) is 23.9 Å². The standard InChI is InChI=1S/C8H12O4P2.Mg/c1-13(9,10)7-3-5-8(6-4-7)14(2,11)12;/h3-6H,1-2H3,(H,9,10)(H,11,12);/q;+2/p-2. The molecule has 4 nitrogen and oxygen atoms in total. The zero-order valence-corrected chi connectivity index (χ0v) is 11.7. The van der Waals surface area contributed by atoms with Gasteiger partial charge in [0.05, 0.1) is 0 Å². The average Bonchev–Trinajstić information content (AvgIpc) is 2.01. The molecule has 15 heavy (non-hydrogen) atoms. The molecule has 0 amide bonds. The summed E-state index contributed by atoms with van der Waals surface area (Å²) >= 11 is 0. The Labute approximate surface area is 105 Å². The van der Waals surface area contributed by atoms with Crippen LogP contribution in [0.15, 0.2) is 24.3 Å². The molecule has 0 N–H and O–H groups in total. The number of hydrogen-bond donors (Lipinski definition) is 0. The van der Waals surface area contributed by atoms with E-state index in [0.29, 0.717) is 0 Å². The summed E-state index contributed by atoms with van der Waals surface area (Å²) in [5.74, 6) is 0. The summed E-state index contributed by atoms with van der Waals surface area (Å²) in [5.41, 5.74) is 0. The maximum Gasteiger partial charge on any atom is 2.00 e. The summed E-state index contributed by atoms with van der Waals surface area (Å²) in [6, 6.07) is 5.21. The van der Waals surface area contributed by atoms with Crippen LogP contribution >= 0.6 is 14.7 Å². The first-order valence-corrected chi connectivity index (χ1v) is 8.04. The Kier molecular flexibility index (Phi) is 5.26. The molecular formula is C8H10MgO4P2. The van der Waals surface area contributed by atoms with Crippen molar-refractivity contribution in [2.45, 2.75) is 0 Å². The van der Waals surface area contributed by atoms with E-state index in [1.807, 2.05) is 0 Å². The SMILES string of the molecule is CP(=O)([O-])c1ccc(P(C)(=O)[O-])cc1.[Mg+2]. The Bertz CT molecular complexity index is 376. The van der Waals surface area contributed by atoms with Crippen molar-refractivity contribution in [1.29, 1.82) is 0 Å². The minimum Gasteiger partial charge on any atom is -0.796 e. The molecule has 78 valence electrons. The third-order valence-electron chi connectivity index (χ3n) is 1.79. The molecule has 0 aliphatic rings. The zero-order valence-electron chi connectivity index (χ0n) is 8.54. The van der Waals surface area contributed by atoms with Gasteiger partial charge in [0, 0.05) is 14.7 Å². The molecule has 1 rings (SSSR count). The van der Waals surface area contributed by atoms with Gasteiger partial charge in [0.2, 0.25) is 0 Å². The Hall–Kier alpha value is 0.366. The van der Waals surface area contributed by atoms with Crippen LogP contribution in [0.25, 0.3) is 0 Å². The Morgan fingerprint density at radius 1 is 0.867 bits per heavy atom. The monoisotopic (exact) mass is 256 g/mol. The van der Waals surface area contributed by atoms with E-state index in [9.17, 15) is 18.9 Å². The van der Waals surface area contributed by atoms with Crippen LogP contribution in [0, 0.1) is 0 Å². The maximum absolute atomic E-state index is 11.1. The summed E-state index contributed by atoms with van der Waals surface area (Å²) in [4.78, 5) is 22.1. The molecular weight excluding hydrogens is 246 g/mol. The molecule has 0 fully saturated rings. The molecule has 0 bridgehead atoms. The molecule has 0 aliphatic heterocycles. The minimum absolute atomic E-state index is 0. The van der Waals surface area contributed by atoms with Gasteiger partial charge in [-0.1, -0.05) is 24.3 Å². The van der Waals surface area contributed by atoms with Crippen molar-refractivity contribution in [1.82, 2.24) is 0 Å². The molecule has 0 aliphatic carbocycles. The van der Waals surface area contributed by atoms with Crippen molar-refractivity contribution >= 4 is 48.4 Å². The van der Waals surface area contributed by atoms with Crippen molar-refractivity contribution < 1.29 is 18.9 Å². The molecule has 0 aromatic heterocycles. The molecule has 0 saturated heterocycles. The van der Waals surface area contributed by atoms with Gasteiger partial charge in [-0.3, -0.25) is 0 Å². The normalized spacial score (nSPS) is 18.4. The van der Waals surface area contributed by atoms with Gasteiger partial charge < -0.3 is 18.9 Å². The van der Waals surface area contributed by atoms with E-state index < -0.39 is 14.7 Å². The Morgan fingerprint density at radius 2 is 1.07 bits per heavy atom. The molecule has 1 aromatic carbocycles. The summed E-state index contributed by atoms with van der Waals surface area (Å²) in [6.07, 6.45) is 0. The fourth-order valence-corrected chi connectivity index (χ4v) is 2.38. The first kappa shape index (κ1) is 15.4. The third kappa shape index (κ3) is 4.39. The van der Waals surface area contributed by atoms with Crippen molar-refractivity contribution in [2.75, 3.05) is 13.3 Å². The van der Waals surface area contributed by atoms with Crippen LogP contribution in [0.3, 0.4) is 0 Å². The van der Waals surface area contributed by atoms with E-state index in [1.54, 1.807) is 0 Å². The van der Waals surface area contributed by atoms with E-state index in [0.717, 1.165) is 13.3 Å². The predicted octanol–water partition coefficient (Wildman–Crippen LogP) is -0.907. The zero-order chi connectivity index (χ0) is 11.0. The molecule has 0 saturated carbocycles. The van der Waals surface area contributed by atoms with Crippen molar-refractivity contribution in [3.05, 3.63) is 24.3 Å². The van der Waals surface area contributed by atoms with Crippen LogP contribution in [0.1, 0.15) is 0 Å². The van der Waals surface area contributed by atoms with Gasteiger partial charge >= 0.3 is 23.1 Å². The molecule has 0 radical (unpaired) electrons. The topological polar surface area (TPSA) is 80.3 Å². The van der Waals surface area contributed by atoms with Gasteiger partial charge in [0.15, 0.2) is 0 Å². The second kappa shape index (κ2) is 5.13. The number of rotatable bonds is 2. The van der Waals surface area contributed by atoms with E-state index in [4.69, 9.17) is 0 Å². The summed E-state index contributed by atoms with van der Waals surface area (Å²) < 4.78 is 22.1. The second-order valence-electron chi connectivity index (χ2n) is 3.21. The van der Waals surface area contributed by atoms with E-state index >= 15 is 0 Å². The van der Waals surface area contributed by atoms with Crippen LogP contribution in [0.2, 0.25) is 0 Å². The quantitative estimate of drug-likeness (QED) is 0.507. The number of hydrogen-bond acceptors (Lipinski definition) is 4. The van der Waals surface area contributed by atoms with E-state index in [-0.39, 0.29) is 33.7 Å². The van der Waals surface area contributed by atoms with Gasteiger partial charge in [0.1, 0.15) is 0 Å². The van der Waals surface area contributed by atoms with Crippen LogP contribution < -0.4 is 20.4 Å². The summed E-state index contributed by atoms with van der Waals surface area (Å²) in [6.45, 7) is 2.20. The van der Waals surface area contributed by atoms with Gasteiger partial charge in [-0.15, -0.1) is 0 Å². The van der Waals surface area contributed by atoms with Crippen molar-refractivity contribution in [3.8, 4) is 0 Å². The summed E-state index contributed by atoms with van der Waals surface area (Å²) in [7, 11) is -7.06. The minimum atomic E-state index is -3.53. The largest absolute Gasteiger partial charge is 2.00 e. The van der Waals surface area contributed by atoms with Crippen LogP contribution in [-0.4, -0.2) is 36.4 Å². The average molecular weight is 256 g/mol. The van der Waals surface area contributed by atoms with Gasteiger partial charge in [-0.25, -0.2) is 0 Å². The Balaban J connectivity index is 0.00000196. The first-order chi connectivity index (χ1) is 6.21. The van der Waals surface area contributed by atoms with Gasteiger partial charge in [-0.2, -0.15) is 0 Å². The molecule has 0 spiro atoms. The van der Waals surface area contributed by atoms with Crippen LogP contribution in [0.5, 0.6) is 0 Å². The van der Waals surface area contributed by atoms with Crippen LogP contribution in [0.4, 0.5) is 0 Å². The molecule has 7 heteroatoms. The second-order valence-corrected chi connectivity index (χ2v) is 7.62. The predicted molar refractivity (Wildman–Crippen MR) is 58.5 cm³/mol. The molecule has 0 heterocycles. The third-order valence-corrected chi connectivity index (χ3v) is 4.26.